The van der Waals surface area contributed by atoms with E-state index in [4.69, 9.17) is 11.5 Å². The van der Waals surface area contributed by atoms with Gasteiger partial charge in [-0.25, -0.2) is 4.98 Å². The topological polar surface area (TPSA) is 164 Å². The number of hydrogen-bond acceptors (Lipinski definition) is 6. The van der Waals surface area contributed by atoms with Crippen molar-refractivity contribution in [3.8, 4) is 0 Å². The van der Waals surface area contributed by atoms with E-state index >= 15 is 0 Å². The molecule has 0 spiro atoms. The van der Waals surface area contributed by atoms with Gasteiger partial charge in [-0.15, -0.1) is 0 Å². The number of nitrogens with one attached hydrogen (secondary N) is 1. The van der Waals surface area contributed by atoms with Crippen LogP contribution in [0.3, 0.4) is 0 Å². The third-order valence-corrected chi connectivity index (χ3v) is 5.72. The quantitative estimate of drug-likeness (QED) is 0.334. The zero-order valence-electron chi connectivity index (χ0n) is 16.9. The third-order valence-electron chi connectivity index (χ3n) is 4.68. The number of carboxylic acids is 1. The average molecular weight is 445 g/mol. The molecule has 0 bridgehead atoms. The fraction of sp³-hybridized carbons (Fsp3) is 0.350. The molecule has 1 atom stereocenters. The Labute approximate surface area is 183 Å². The summed E-state index contributed by atoms with van der Waals surface area (Å²) in [4.78, 5) is 47.1. The maximum Gasteiger partial charge on any atom is 0.305 e. The number of benzene rings is 1. The smallest absolute Gasteiger partial charge is 0.305 e. The number of aryl methyl sites for hydroxylation is 1. The zero-order valence-corrected chi connectivity index (χ0v) is 17.8. The number of nitrogens with two attached hydrogens (primary N) is 2. The Morgan fingerprint density at radius 3 is 2.55 bits per heavy atom. The van der Waals surface area contributed by atoms with Crippen LogP contribution in [-0.2, 0) is 9.59 Å². The van der Waals surface area contributed by atoms with E-state index in [9.17, 15) is 19.5 Å². The highest BCUT2D eigenvalue weighted by atomic mass is 32.1. The Bertz CT molecular complexity index is 998. The van der Waals surface area contributed by atoms with E-state index in [1.54, 1.807) is 31.2 Å². The second kappa shape index (κ2) is 9.56. The molecule has 164 valence electrons. The van der Waals surface area contributed by atoms with Gasteiger partial charge < -0.3 is 26.8 Å². The van der Waals surface area contributed by atoms with Gasteiger partial charge in [0.15, 0.2) is 5.96 Å². The highest BCUT2D eigenvalue weighted by Gasteiger charge is 2.36. The molecule has 2 amide bonds. The van der Waals surface area contributed by atoms with Crippen LogP contribution in [0.4, 0.5) is 5.13 Å². The first-order chi connectivity index (χ1) is 14.7. The molecule has 0 radical (unpaired) electrons. The molecule has 1 heterocycles. The number of amides is 2. The van der Waals surface area contributed by atoms with Crippen LogP contribution >= 0.6 is 11.3 Å². The molecule has 0 aliphatic heterocycles. The zero-order chi connectivity index (χ0) is 22.5. The molecule has 2 aromatic rings. The maximum absolute atomic E-state index is 13.1. The van der Waals surface area contributed by atoms with Crippen LogP contribution < -0.4 is 16.8 Å². The number of aromatic nitrogens is 1. The van der Waals surface area contributed by atoms with E-state index in [1.807, 2.05) is 6.07 Å². The minimum Gasteiger partial charge on any atom is -0.481 e. The number of carboxylic acid groups (broad SMARTS) is 1. The molecule has 6 N–H and O–H groups in total. The van der Waals surface area contributed by atoms with Gasteiger partial charge in [-0.2, -0.15) is 4.99 Å². The molecule has 31 heavy (non-hydrogen) atoms. The molecule has 1 unspecified atom stereocenters. The minimum absolute atomic E-state index is 0.0408. The number of thiazole rings is 1. The van der Waals surface area contributed by atoms with Crippen molar-refractivity contribution >= 4 is 40.2 Å². The van der Waals surface area contributed by atoms with Crippen molar-refractivity contribution in [2.45, 2.75) is 38.3 Å². The fourth-order valence-corrected chi connectivity index (χ4v) is 4.04. The lowest BCUT2D eigenvalue weighted by Gasteiger charge is -2.24. The van der Waals surface area contributed by atoms with Gasteiger partial charge in [0.05, 0.1) is 18.2 Å². The van der Waals surface area contributed by atoms with Crippen LogP contribution in [0.2, 0.25) is 0 Å². The summed E-state index contributed by atoms with van der Waals surface area (Å²) in [6, 6.07) is 8.13. The molecule has 1 aliphatic rings. The van der Waals surface area contributed by atoms with Crippen molar-refractivity contribution < 1.29 is 19.5 Å². The number of hydrogen-bond donors (Lipinski definition) is 4. The molecule has 1 fully saturated rings. The molecule has 1 aliphatic carbocycles. The molecular formula is C20H24N6O4S. The van der Waals surface area contributed by atoms with Gasteiger partial charge in [0.2, 0.25) is 11.0 Å². The van der Waals surface area contributed by atoms with Crippen LogP contribution in [0.15, 0.2) is 35.3 Å². The monoisotopic (exact) mass is 444 g/mol. The van der Waals surface area contributed by atoms with Gasteiger partial charge in [0.1, 0.15) is 11.4 Å². The summed E-state index contributed by atoms with van der Waals surface area (Å²) in [6.07, 6.45) is 1.34. The summed E-state index contributed by atoms with van der Waals surface area (Å²) in [7, 11) is 0. The van der Waals surface area contributed by atoms with E-state index in [1.165, 1.54) is 4.90 Å². The standard InChI is InChI=1S/C20H24N6O4S/c1-11-17(31-20(23-11)25-19(21)22)18(30)26(13-7-8-13)10-15(27)24-14(9-16(28)29)12-5-3-2-4-6-12/h2-6,13-14H,7-10H2,1H3,(H,24,27)(H,28,29)(H4,21,22,23,25). The van der Waals surface area contributed by atoms with E-state index < -0.39 is 17.9 Å². The van der Waals surface area contributed by atoms with Crippen molar-refractivity contribution in [1.82, 2.24) is 15.2 Å². The van der Waals surface area contributed by atoms with E-state index in [0.717, 1.165) is 24.2 Å². The Morgan fingerprint density at radius 1 is 1.29 bits per heavy atom. The summed E-state index contributed by atoms with van der Waals surface area (Å²) in [5.41, 5.74) is 11.9. The van der Waals surface area contributed by atoms with Crippen LogP contribution in [0, 0.1) is 6.92 Å². The van der Waals surface area contributed by atoms with Gasteiger partial charge in [0.25, 0.3) is 5.91 Å². The Morgan fingerprint density at radius 2 is 1.97 bits per heavy atom. The Kier molecular flexibility index (Phi) is 6.85. The highest BCUT2D eigenvalue weighted by Crippen LogP contribution is 2.32. The van der Waals surface area contributed by atoms with E-state index in [-0.39, 0.29) is 36.0 Å². The largest absolute Gasteiger partial charge is 0.481 e. The number of carbonyl (C=O) groups is 3. The SMILES string of the molecule is Cc1nc(N=C(N)N)sc1C(=O)N(CC(=O)NC(CC(=O)O)c1ccccc1)C1CC1. The Hall–Kier alpha value is -3.47. The molecular weight excluding hydrogens is 420 g/mol. The molecule has 0 saturated heterocycles. The normalized spacial score (nSPS) is 13.8. The number of rotatable bonds is 9. The summed E-state index contributed by atoms with van der Waals surface area (Å²) in [6.45, 7) is 1.50. The van der Waals surface area contributed by atoms with Crippen molar-refractivity contribution in [2.24, 2.45) is 16.5 Å². The van der Waals surface area contributed by atoms with E-state index in [0.29, 0.717) is 16.1 Å². The average Bonchev–Trinajstić information content (AvgIpc) is 3.48. The second-order valence-corrected chi connectivity index (χ2v) is 8.22. The maximum atomic E-state index is 13.1. The molecule has 10 nitrogen and oxygen atoms in total. The third kappa shape index (κ3) is 6.01. The van der Waals surface area contributed by atoms with Crippen molar-refractivity contribution in [3.05, 3.63) is 46.5 Å². The van der Waals surface area contributed by atoms with E-state index in [2.05, 4.69) is 15.3 Å². The predicted molar refractivity (Wildman–Crippen MR) is 116 cm³/mol. The lowest BCUT2D eigenvalue weighted by atomic mass is 10.0. The molecule has 1 aromatic carbocycles. The van der Waals surface area contributed by atoms with Crippen LogP contribution in [0.25, 0.3) is 0 Å². The van der Waals surface area contributed by atoms with Gasteiger partial charge in [-0.3, -0.25) is 14.4 Å². The molecule has 3 rings (SSSR count). The van der Waals surface area contributed by atoms with Gasteiger partial charge in [-0.05, 0) is 25.3 Å². The summed E-state index contributed by atoms with van der Waals surface area (Å²) in [5.74, 6) is -1.94. The number of carbonyl (C=O) groups excluding carboxylic acids is 2. The minimum atomic E-state index is -1.03. The van der Waals surface area contributed by atoms with Gasteiger partial charge in [-0.1, -0.05) is 41.7 Å². The number of aliphatic imine (C=N–C) groups is 1. The molecule has 11 heteroatoms. The van der Waals surface area contributed by atoms with Crippen LogP contribution in [0.1, 0.15) is 46.2 Å². The van der Waals surface area contributed by atoms with Gasteiger partial charge >= 0.3 is 5.97 Å². The summed E-state index contributed by atoms with van der Waals surface area (Å²) in [5, 5.41) is 12.2. The van der Waals surface area contributed by atoms with Crippen LogP contribution in [0.5, 0.6) is 0 Å². The van der Waals surface area contributed by atoms with Gasteiger partial charge in [0, 0.05) is 6.04 Å². The lowest BCUT2D eigenvalue weighted by Crippen LogP contribution is -2.43. The highest BCUT2D eigenvalue weighted by molar-refractivity contribution is 7.17. The first kappa shape index (κ1) is 22.2. The first-order valence-electron chi connectivity index (χ1n) is 9.68. The van der Waals surface area contributed by atoms with Crippen molar-refractivity contribution in [2.75, 3.05) is 6.54 Å². The lowest BCUT2D eigenvalue weighted by molar-refractivity contribution is -0.137. The first-order valence-corrected chi connectivity index (χ1v) is 10.5. The fourth-order valence-electron chi connectivity index (χ4n) is 3.13. The molecule has 1 saturated carbocycles. The number of aliphatic carboxylic acids is 1. The van der Waals surface area contributed by atoms with Crippen molar-refractivity contribution in [1.29, 1.82) is 0 Å². The number of guanidine groups is 1. The summed E-state index contributed by atoms with van der Waals surface area (Å²) < 4.78 is 0. The predicted octanol–water partition coefficient (Wildman–Crippen LogP) is 1.29. The second-order valence-electron chi connectivity index (χ2n) is 7.24. The molecule has 1 aromatic heterocycles. The van der Waals surface area contributed by atoms with Crippen molar-refractivity contribution in [3.63, 3.8) is 0 Å². The van der Waals surface area contributed by atoms with Crippen LogP contribution in [-0.4, -0.2) is 51.3 Å². The Balaban J connectivity index is 1.74. The summed E-state index contributed by atoms with van der Waals surface area (Å²) >= 11 is 1.06. The number of nitrogens with zero attached hydrogens (tertiary/aromatic N) is 3.